The lowest BCUT2D eigenvalue weighted by Gasteiger charge is -2.44. The molecule has 2 amide bonds. The lowest BCUT2D eigenvalue weighted by Crippen LogP contribution is -2.50. The van der Waals surface area contributed by atoms with Crippen LogP contribution in [-0.4, -0.2) is 48.3 Å². The van der Waals surface area contributed by atoms with E-state index in [0.29, 0.717) is 38.1 Å². The fourth-order valence-corrected chi connectivity index (χ4v) is 3.56. The number of rotatable bonds is 2. The highest BCUT2D eigenvalue weighted by Crippen LogP contribution is 2.48. The van der Waals surface area contributed by atoms with Gasteiger partial charge in [-0.2, -0.15) is 0 Å². The normalized spacial score (nSPS) is 20.2. The number of thiol groups is 1. The van der Waals surface area contributed by atoms with Gasteiger partial charge in [-0.1, -0.05) is 0 Å². The maximum absolute atomic E-state index is 11.9. The third kappa shape index (κ3) is 2.85. The number of primary amides is 1. The van der Waals surface area contributed by atoms with E-state index in [9.17, 15) is 9.59 Å². The van der Waals surface area contributed by atoms with E-state index >= 15 is 0 Å². The zero-order valence-electron chi connectivity index (χ0n) is 12.8. The van der Waals surface area contributed by atoms with Crippen LogP contribution in [0.15, 0.2) is 21.2 Å². The van der Waals surface area contributed by atoms with Gasteiger partial charge in [0.05, 0.1) is 17.8 Å². The second kappa shape index (κ2) is 6.47. The van der Waals surface area contributed by atoms with Crippen LogP contribution in [0, 0.1) is 10.8 Å². The highest BCUT2D eigenvalue weighted by atomic mass is 32.1. The van der Waals surface area contributed by atoms with Crippen molar-refractivity contribution in [2.75, 3.05) is 19.7 Å². The largest absolute Gasteiger partial charge is 0.450 e. The molecule has 2 heterocycles. The number of aliphatic imine (C=N–C) groups is 1. The van der Waals surface area contributed by atoms with Crippen molar-refractivity contribution < 1.29 is 14.3 Å². The molecule has 124 valence electrons. The smallest absolute Gasteiger partial charge is 0.409 e. The van der Waals surface area contributed by atoms with E-state index in [4.69, 9.17) is 21.6 Å². The Hall–Kier alpha value is -2.25. The molecule has 8 nitrogen and oxygen atoms in total. The van der Waals surface area contributed by atoms with Crippen LogP contribution in [0.3, 0.4) is 0 Å². The molecule has 5 N–H and O–H groups in total. The van der Waals surface area contributed by atoms with Gasteiger partial charge in [0, 0.05) is 18.5 Å². The van der Waals surface area contributed by atoms with Crippen molar-refractivity contribution in [2.24, 2.45) is 21.9 Å². The molecule has 1 fully saturated rings. The van der Waals surface area contributed by atoms with Gasteiger partial charge in [0.2, 0.25) is 5.91 Å². The summed E-state index contributed by atoms with van der Waals surface area (Å²) in [5.74, 6) is 1.72. The van der Waals surface area contributed by atoms with Crippen molar-refractivity contribution in [3.05, 3.63) is 16.2 Å². The van der Waals surface area contributed by atoms with E-state index in [0.717, 1.165) is 0 Å². The molecule has 0 unspecified atom stereocenters. The third-order valence-electron chi connectivity index (χ3n) is 4.18. The number of ether oxygens (including phenoxy) is 1. The molecule has 2 aliphatic heterocycles. The Morgan fingerprint density at radius 1 is 1.48 bits per heavy atom. The number of hydrogen-bond acceptors (Lipinski definition) is 7. The number of carbonyl (C=O) groups excluding carboxylic acids is 2. The van der Waals surface area contributed by atoms with Crippen molar-refractivity contribution >= 4 is 36.3 Å². The SMILES string of the molecule is CCOC(=O)N1CCC2(CC1)C(=C=N)C(N)=NC(S)=C2C(N)=O. The van der Waals surface area contributed by atoms with Gasteiger partial charge in [-0.15, -0.1) is 12.6 Å². The summed E-state index contributed by atoms with van der Waals surface area (Å²) in [5.41, 5.74) is 11.0. The summed E-state index contributed by atoms with van der Waals surface area (Å²) in [7, 11) is 0. The second-order valence-electron chi connectivity index (χ2n) is 5.33. The molecule has 0 aromatic heterocycles. The molecular formula is C14H19N5O3S. The zero-order chi connectivity index (χ0) is 17.2. The summed E-state index contributed by atoms with van der Waals surface area (Å²) in [6.07, 6.45) is 0.327. The lowest BCUT2D eigenvalue weighted by atomic mass is 9.66. The maximum atomic E-state index is 11.9. The van der Waals surface area contributed by atoms with Crippen LogP contribution >= 0.6 is 12.6 Å². The van der Waals surface area contributed by atoms with Crippen molar-refractivity contribution in [3.63, 3.8) is 0 Å². The Morgan fingerprint density at radius 3 is 2.57 bits per heavy atom. The van der Waals surface area contributed by atoms with Crippen molar-refractivity contribution in [3.8, 4) is 0 Å². The molecule has 0 saturated carbocycles. The van der Waals surface area contributed by atoms with Crippen LogP contribution in [-0.2, 0) is 9.53 Å². The third-order valence-corrected chi connectivity index (χ3v) is 4.50. The first-order valence-electron chi connectivity index (χ1n) is 7.17. The van der Waals surface area contributed by atoms with E-state index in [1.807, 2.05) is 0 Å². The Morgan fingerprint density at radius 2 is 2.09 bits per heavy atom. The van der Waals surface area contributed by atoms with Crippen LogP contribution in [0.4, 0.5) is 4.79 Å². The molecule has 1 spiro atoms. The molecular weight excluding hydrogens is 318 g/mol. The number of amides is 2. The number of piperidine rings is 1. The highest BCUT2D eigenvalue weighted by Gasteiger charge is 2.49. The molecule has 2 rings (SSSR count). The van der Waals surface area contributed by atoms with Crippen molar-refractivity contribution in [1.82, 2.24) is 4.90 Å². The highest BCUT2D eigenvalue weighted by molar-refractivity contribution is 7.84. The second-order valence-corrected chi connectivity index (χ2v) is 5.75. The summed E-state index contributed by atoms with van der Waals surface area (Å²) in [6.45, 7) is 2.71. The number of carbonyl (C=O) groups is 2. The number of nitrogens with one attached hydrogen (secondary N) is 1. The molecule has 2 aliphatic rings. The lowest BCUT2D eigenvalue weighted by molar-refractivity contribution is -0.115. The molecule has 1 saturated heterocycles. The summed E-state index contributed by atoms with van der Waals surface area (Å²) in [6, 6.07) is 0. The van der Waals surface area contributed by atoms with E-state index in [1.165, 1.54) is 0 Å². The average molecular weight is 337 g/mol. The van der Waals surface area contributed by atoms with Gasteiger partial charge in [-0.3, -0.25) is 10.2 Å². The topological polar surface area (TPSA) is 135 Å². The summed E-state index contributed by atoms with van der Waals surface area (Å²) in [5, 5.41) is 7.69. The minimum absolute atomic E-state index is 0.0968. The summed E-state index contributed by atoms with van der Waals surface area (Å²) < 4.78 is 4.99. The molecule has 0 radical (unpaired) electrons. The molecule has 0 aliphatic carbocycles. The van der Waals surface area contributed by atoms with E-state index in [1.54, 1.807) is 11.8 Å². The van der Waals surface area contributed by atoms with Crippen LogP contribution in [0.1, 0.15) is 19.8 Å². The van der Waals surface area contributed by atoms with Gasteiger partial charge in [0.15, 0.2) is 0 Å². The standard InChI is InChI=1S/C14H19N5O3S/c1-2-22-13(21)19-5-3-14(4-6-19)8(7-15)10(16)18-12(23)9(14)11(17)20/h15,23H,2-6H2,1H3,(H2,16,18)(H2,17,20). The Kier molecular flexibility index (Phi) is 4.82. The van der Waals surface area contributed by atoms with Gasteiger partial charge < -0.3 is 21.1 Å². The van der Waals surface area contributed by atoms with E-state index in [2.05, 4.69) is 23.5 Å². The Labute approximate surface area is 139 Å². The predicted molar refractivity (Wildman–Crippen MR) is 88.3 cm³/mol. The molecule has 9 heteroatoms. The van der Waals surface area contributed by atoms with Crippen molar-refractivity contribution in [2.45, 2.75) is 19.8 Å². The van der Waals surface area contributed by atoms with Gasteiger partial charge >= 0.3 is 6.09 Å². The van der Waals surface area contributed by atoms with E-state index in [-0.39, 0.29) is 16.4 Å². The van der Waals surface area contributed by atoms with Gasteiger partial charge in [-0.25, -0.2) is 9.79 Å². The number of hydrogen-bond donors (Lipinski definition) is 4. The number of nitrogens with zero attached hydrogens (tertiary/aromatic N) is 2. The average Bonchev–Trinajstić information content (AvgIpc) is 2.47. The zero-order valence-corrected chi connectivity index (χ0v) is 13.7. The fourth-order valence-electron chi connectivity index (χ4n) is 3.13. The van der Waals surface area contributed by atoms with Gasteiger partial charge in [0.1, 0.15) is 10.9 Å². The molecule has 0 bridgehead atoms. The maximum Gasteiger partial charge on any atom is 0.409 e. The van der Waals surface area contributed by atoms with Crippen LogP contribution in [0.5, 0.6) is 0 Å². The first-order valence-corrected chi connectivity index (χ1v) is 7.62. The first kappa shape index (κ1) is 17.1. The van der Waals surface area contributed by atoms with Crippen LogP contribution < -0.4 is 11.5 Å². The molecule has 0 aromatic rings. The number of likely N-dealkylation sites (tertiary alicyclic amines) is 1. The molecule has 0 aromatic carbocycles. The monoisotopic (exact) mass is 337 g/mol. The number of nitrogens with two attached hydrogens (primary N) is 2. The molecule has 0 atom stereocenters. The minimum Gasteiger partial charge on any atom is -0.450 e. The Bertz CT molecular complexity index is 655. The van der Waals surface area contributed by atoms with Gasteiger partial charge in [-0.05, 0) is 25.6 Å². The van der Waals surface area contributed by atoms with E-state index < -0.39 is 17.4 Å². The Balaban J connectivity index is 2.39. The van der Waals surface area contributed by atoms with Crippen LogP contribution in [0.25, 0.3) is 0 Å². The minimum atomic E-state index is -0.889. The summed E-state index contributed by atoms with van der Waals surface area (Å²) in [4.78, 5) is 29.3. The summed E-state index contributed by atoms with van der Waals surface area (Å²) >= 11 is 4.22. The predicted octanol–water partition coefficient (Wildman–Crippen LogP) is 0.397. The number of amidine groups is 1. The molecule has 23 heavy (non-hydrogen) atoms. The quantitative estimate of drug-likeness (QED) is 0.428. The van der Waals surface area contributed by atoms with Gasteiger partial charge in [0.25, 0.3) is 0 Å². The first-order chi connectivity index (χ1) is 10.9. The van der Waals surface area contributed by atoms with Crippen molar-refractivity contribution in [1.29, 1.82) is 5.41 Å². The van der Waals surface area contributed by atoms with Crippen LogP contribution in [0.2, 0.25) is 0 Å². The fraction of sp³-hybridized carbons (Fsp3) is 0.500.